The van der Waals surface area contributed by atoms with E-state index in [0.717, 1.165) is 5.56 Å². The Morgan fingerprint density at radius 1 is 0.921 bits per heavy atom. The van der Waals surface area contributed by atoms with E-state index in [1.54, 1.807) is 78.9 Å². The molecule has 0 aliphatic heterocycles. The number of nitrogens with one attached hydrogen (secondary N) is 1. The molecule has 0 unspecified atom stereocenters. The molecule has 0 fully saturated rings. The van der Waals surface area contributed by atoms with Crippen LogP contribution in [0.25, 0.3) is 17.1 Å². The number of halogens is 2. The Kier molecular flexibility index (Phi) is 7.08. The van der Waals surface area contributed by atoms with Gasteiger partial charge in [-0.15, -0.1) is 5.10 Å². The molecule has 5 aromatic rings. The van der Waals surface area contributed by atoms with Crippen molar-refractivity contribution in [1.29, 1.82) is 0 Å². The number of carbonyl (C=O) groups is 1. The molecule has 0 saturated carbocycles. The van der Waals surface area contributed by atoms with Gasteiger partial charge < -0.3 is 14.8 Å². The van der Waals surface area contributed by atoms with Crippen LogP contribution in [0.3, 0.4) is 0 Å². The fraction of sp³-hybridized carbons (Fsp3) is 0.0690. The summed E-state index contributed by atoms with van der Waals surface area (Å²) >= 11 is 0. The van der Waals surface area contributed by atoms with Gasteiger partial charge in [0.15, 0.2) is 5.82 Å². The van der Waals surface area contributed by atoms with E-state index in [-0.39, 0.29) is 35.7 Å². The second-order valence-electron chi connectivity index (χ2n) is 8.26. The van der Waals surface area contributed by atoms with E-state index in [4.69, 9.17) is 9.47 Å². The quantitative estimate of drug-likeness (QED) is 0.274. The summed E-state index contributed by atoms with van der Waals surface area (Å²) < 4.78 is 40.2. The van der Waals surface area contributed by atoms with Crippen LogP contribution in [0.15, 0.2) is 97.1 Å². The standard InChI is InChI=1S/C29H22F2N4O3/c1-37-24-6-4-5-20(17-24)28(36)32-22-13-15-23(16-14-22)35-27(25-7-2-3-8-26(25)31)33-29(34-35)38-18-19-9-11-21(30)12-10-19/h2-17H,18H2,1H3,(H,32,36). The molecule has 0 bridgehead atoms. The third-order valence-electron chi connectivity index (χ3n) is 5.69. The first kappa shape index (κ1) is 24.6. The van der Waals surface area contributed by atoms with Crippen molar-refractivity contribution in [3.63, 3.8) is 0 Å². The average Bonchev–Trinajstić information content (AvgIpc) is 3.37. The Bertz CT molecular complexity index is 1570. The van der Waals surface area contributed by atoms with E-state index in [1.165, 1.54) is 30.0 Å². The molecule has 1 amide bonds. The van der Waals surface area contributed by atoms with Gasteiger partial charge in [-0.2, -0.15) is 4.98 Å². The first-order chi connectivity index (χ1) is 18.5. The van der Waals surface area contributed by atoms with Gasteiger partial charge in [-0.25, -0.2) is 13.5 Å². The topological polar surface area (TPSA) is 78.3 Å². The lowest BCUT2D eigenvalue weighted by atomic mass is 10.2. The fourth-order valence-electron chi connectivity index (χ4n) is 3.73. The third kappa shape index (κ3) is 5.52. The van der Waals surface area contributed by atoms with Gasteiger partial charge in [0.05, 0.1) is 18.4 Å². The zero-order chi connectivity index (χ0) is 26.5. The smallest absolute Gasteiger partial charge is 0.336 e. The molecule has 0 saturated heterocycles. The molecule has 0 atom stereocenters. The number of rotatable bonds is 8. The molecule has 190 valence electrons. The van der Waals surface area contributed by atoms with E-state index >= 15 is 0 Å². The second-order valence-corrected chi connectivity index (χ2v) is 8.26. The summed E-state index contributed by atoms with van der Waals surface area (Å²) in [7, 11) is 1.54. The monoisotopic (exact) mass is 512 g/mol. The summed E-state index contributed by atoms with van der Waals surface area (Å²) in [5.41, 5.74) is 2.56. The minimum absolute atomic E-state index is 0.0305. The lowest BCUT2D eigenvalue weighted by Gasteiger charge is -2.09. The summed E-state index contributed by atoms with van der Waals surface area (Å²) in [6.07, 6.45) is 0. The summed E-state index contributed by atoms with van der Waals surface area (Å²) in [5, 5.41) is 7.27. The number of benzene rings is 4. The highest BCUT2D eigenvalue weighted by molar-refractivity contribution is 6.04. The minimum Gasteiger partial charge on any atom is -0.497 e. The number of carbonyl (C=O) groups excluding carboxylic acids is 1. The molecule has 1 aromatic heterocycles. The number of hydrogen-bond donors (Lipinski definition) is 1. The van der Waals surface area contributed by atoms with E-state index in [1.807, 2.05) is 0 Å². The molecular formula is C29H22F2N4O3. The average molecular weight is 513 g/mol. The van der Waals surface area contributed by atoms with E-state index in [2.05, 4.69) is 15.4 Å². The second kappa shape index (κ2) is 10.9. The maximum Gasteiger partial charge on any atom is 0.336 e. The van der Waals surface area contributed by atoms with Crippen LogP contribution in [-0.4, -0.2) is 27.8 Å². The summed E-state index contributed by atoms with van der Waals surface area (Å²) in [6.45, 7) is 0.107. The van der Waals surface area contributed by atoms with Gasteiger partial charge in [-0.3, -0.25) is 4.79 Å². The molecule has 0 radical (unpaired) electrons. The molecule has 9 heteroatoms. The van der Waals surface area contributed by atoms with Crippen LogP contribution in [-0.2, 0) is 6.61 Å². The SMILES string of the molecule is COc1cccc(C(=O)Nc2ccc(-n3nc(OCc4ccc(F)cc4)nc3-c3ccccc3F)cc2)c1. The van der Waals surface area contributed by atoms with Crippen molar-refractivity contribution in [3.05, 3.63) is 120 Å². The van der Waals surface area contributed by atoms with Gasteiger partial charge >= 0.3 is 6.01 Å². The van der Waals surface area contributed by atoms with Crippen molar-refractivity contribution >= 4 is 11.6 Å². The minimum atomic E-state index is -0.464. The molecule has 0 aliphatic carbocycles. The van der Waals surface area contributed by atoms with Crippen molar-refractivity contribution in [1.82, 2.24) is 14.8 Å². The number of methoxy groups -OCH3 is 1. The largest absolute Gasteiger partial charge is 0.497 e. The van der Waals surface area contributed by atoms with Crippen LogP contribution in [0.1, 0.15) is 15.9 Å². The Hall–Kier alpha value is -5.05. The van der Waals surface area contributed by atoms with Gasteiger partial charge in [0.25, 0.3) is 5.91 Å². The molecule has 38 heavy (non-hydrogen) atoms. The number of hydrogen-bond acceptors (Lipinski definition) is 5. The van der Waals surface area contributed by atoms with E-state index in [0.29, 0.717) is 22.7 Å². The van der Waals surface area contributed by atoms with Crippen LogP contribution in [0.2, 0.25) is 0 Å². The Balaban J connectivity index is 1.40. The Labute approximate surface area is 217 Å². The number of nitrogens with zero attached hydrogens (tertiary/aromatic N) is 3. The molecule has 1 heterocycles. The summed E-state index contributed by atoms with van der Waals surface area (Å²) in [4.78, 5) is 17.1. The Morgan fingerprint density at radius 3 is 2.42 bits per heavy atom. The normalized spacial score (nSPS) is 10.7. The molecule has 5 rings (SSSR count). The van der Waals surface area contributed by atoms with Gasteiger partial charge in [0.2, 0.25) is 0 Å². The van der Waals surface area contributed by atoms with E-state index in [9.17, 15) is 13.6 Å². The van der Waals surface area contributed by atoms with E-state index < -0.39 is 5.82 Å². The Morgan fingerprint density at radius 2 is 1.68 bits per heavy atom. The highest BCUT2D eigenvalue weighted by Crippen LogP contribution is 2.27. The lowest BCUT2D eigenvalue weighted by molar-refractivity contribution is 0.102. The molecular weight excluding hydrogens is 490 g/mol. The van der Waals surface area contributed by atoms with Crippen LogP contribution < -0.4 is 14.8 Å². The van der Waals surface area contributed by atoms with Gasteiger partial charge in [0.1, 0.15) is 24.0 Å². The molecule has 4 aromatic carbocycles. The number of ether oxygens (including phenoxy) is 2. The highest BCUT2D eigenvalue weighted by atomic mass is 19.1. The molecule has 0 aliphatic rings. The zero-order valence-corrected chi connectivity index (χ0v) is 20.3. The summed E-state index contributed by atoms with van der Waals surface area (Å²) in [5.74, 6) is -0.280. The van der Waals surface area contributed by atoms with Crippen molar-refractivity contribution in [3.8, 4) is 28.8 Å². The van der Waals surface area contributed by atoms with Crippen molar-refractivity contribution in [2.75, 3.05) is 12.4 Å². The molecule has 7 nitrogen and oxygen atoms in total. The number of aromatic nitrogens is 3. The summed E-state index contributed by atoms with van der Waals surface area (Å²) in [6, 6.07) is 25.8. The van der Waals surface area contributed by atoms with Crippen LogP contribution in [0, 0.1) is 11.6 Å². The van der Waals surface area contributed by atoms with Crippen LogP contribution in [0.4, 0.5) is 14.5 Å². The lowest BCUT2D eigenvalue weighted by Crippen LogP contribution is -2.12. The van der Waals surface area contributed by atoms with Crippen molar-refractivity contribution in [2.24, 2.45) is 0 Å². The predicted molar refractivity (Wildman–Crippen MR) is 138 cm³/mol. The van der Waals surface area contributed by atoms with Gasteiger partial charge in [0, 0.05) is 11.3 Å². The number of anilines is 1. The molecule has 0 spiro atoms. The predicted octanol–water partition coefficient (Wildman–Crippen LogP) is 6.05. The third-order valence-corrected chi connectivity index (χ3v) is 5.69. The zero-order valence-electron chi connectivity index (χ0n) is 20.3. The first-order valence-corrected chi connectivity index (χ1v) is 11.7. The molecule has 1 N–H and O–H groups in total. The highest BCUT2D eigenvalue weighted by Gasteiger charge is 2.18. The number of amides is 1. The van der Waals surface area contributed by atoms with Crippen LogP contribution in [0.5, 0.6) is 11.8 Å². The maximum absolute atomic E-state index is 14.7. The van der Waals surface area contributed by atoms with Gasteiger partial charge in [-0.1, -0.05) is 30.3 Å². The van der Waals surface area contributed by atoms with Crippen LogP contribution >= 0.6 is 0 Å². The first-order valence-electron chi connectivity index (χ1n) is 11.7. The van der Waals surface area contributed by atoms with Crippen molar-refractivity contribution in [2.45, 2.75) is 6.61 Å². The van der Waals surface area contributed by atoms with Crippen molar-refractivity contribution < 1.29 is 23.0 Å². The fourth-order valence-corrected chi connectivity index (χ4v) is 3.73. The van der Waals surface area contributed by atoms with Gasteiger partial charge in [-0.05, 0) is 72.3 Å². The maximum atomic E-state index is 14.7.